The maximum Gasteiger partial charge on any atom is 0.0794 e. The van der Waals surface area contributed by atoms with Gasteiger partial charge in [-0.05, 0) is 31.6 Å². The first-order valence-corrected chi connectivity index (χ1v) is 7.24. The van der Waals surface area contributed by atoms with Crippen LogP contribution in [-0.2, 0) is 0 Å². The van der Waals surface area contributed by atoms with E-state index in [1.807, 2.05) is 11.7 Å². The first kappa shape index (κ1) is 12.1. The number of nitrogens with zero attached hydrogens (tertiary/aromatic N) is 1. The normalized spacial score (nSPS) is 31.8. The van der Waals surface area contributed by atoms with Crippen LogP contribution in [0.5, 0.6) is 0 Å². The first-order valence-electron chi connectivity index (χ1n) is 6.36. The van der Waals surface area contributed by atoms with Crippen molar-refractivity contribution in [3.63, 3.8) is 0 Å². The van der Waals surface area contributed by atoms with Crippen LogP contribution in [0.25, 0.3) is 0 Å². The molecule has 0 aliphatic heterocycles. The van der Waals surface area contributed by atoms with Crippen LogP contribution >= 0.6 is 11.3 Å². The van der Waals surface area contributed by atoms with Crippen LogP contribution in [0.3, 0.4) is 0 Å². The average Bonchev–Trinajstić information content (AvgIpc) is 2.89. The largest absolute Gasteiger partial charge is 0.306 e. The van der Waals surface area contributed by atoms with E-state index in [4.69, 9.17) is 0 Å². The Morgan fingerprint density at radius 2 is 2.38 bits per heavy atom. The lowest BCUT2D eigenvalue weighted by Crippen LogP contribution is -2.34. The highest BCUT2D eigenvalue weighted by molar-refractivity contribution is 7.09. The Morgan fingerprint density at radius 3 is 2.94 bits per heavy atom. The molecule has 1 aliphatic rings. The molecule has 1 aromatic rings. The van der Waals surface area contributed by atoms with Crippen molar-refractivity contribution >= 4 is 11.3 Å². The molecule has 1 saturated carbocycles. The lowest BCUT2D eigenvalue weighted by molar-refractivity contribution is 0.328. The standard InChI is InChI=1S/C13H22N2S/c1-4-11-5-6-12(9(11)2)15-10(3)13-7-14-8-16-13/h7-12,15H,4-6H2,1-3H3. The molecule has 0 radical (unpaired) electrons. The lowest BCUT2D eigenvalue weighted by atomic mass is 9.93. The van der Waals surface area contributed by atoms with E-state index in [1.54, 1.807) is 11.3 Å². The second-order valence-electron chi connectivity index (χ2n) is 5.00. The van der Waals surface area contributed by atoms with Crippen molar-refractivity contribution in [1.29, 1.82) is 0 Å². The van der Waals surface area contributed by atoms with Gasteiger partial charge in [-0.2, -0.15) is 0 Å². The molecule has 1 N–H and O–H groups in total. The number of aromatic nitrogens is 1. The van der Waals surface area contributed by atoms with E-state index in [1.165, 1.54) is 24.1 Å². The van der Waals surface area contributed by atoms with Gasteiger partial charge in [0.25, 0.3) is 0 Å². The topological polar surface area (TPSA) is 24.9 Å². The monoisotopic (exact) mass is 238 g/mol. The molecule has 0 aromatic carbocycles. The van der Waals surface area contributed by atoms with Crippen LogP contribution in [0.4, 0.5) is 0 Å². The maximum absolute atomic E-state index is 4.15. The number of thiazole rings is 1. The second kappa shape index (κ2) is 5.28. The van der Waals surface area contributed by atoms with Crippen molar-refractivity contribution in [1.82, 2.24) is 10.3 Å². The van der Waals surface area contributed by atoms with Gasteiger partial charge in [-0.1, -0.05) is 20.3 Å². The van der Waals surface area contributed by atoms with E-state index in [-0.39, 0.29) is 0 Å². The molecule has 90 valence electrons. The Hall–Kier alpha value is -0.410. The molecule has 2 nitrogen and oxygen atoms in total. The summed E-state index contributed by atoms with van der Waals surface area (Å²) in [5.41, 5.74) is 1.92. The summed E-state index contributed by atoms with van der Waals surface area (Å²) < 4.78 is 0. The summed E-state index contributed by atoms with van der Waals surface area (Å²) in [6, 6.07) is 1.15. The minimum atomic E-state index is 0.454. The molecular weight excluding hydrogens is 216 g/mol. The molecule has 3 heteroatoms. The van der Waals surface area contributed by atoms with E-state index < -0.39 is 0 Å². The van der Waals surface area contributed by atoms with Gasteiger partial charge >= 0.3 is 0 Å². The van der Waals surface area contributed by atoms with Crippen LogP contribution < -0.4 is 5.32 Å². The summed E-state index contributed by atoms with van der Waals surface area (Å²) in [6.07, 6.45) is 6.04. The zero-order valence-electron chi connectivity index (χ0n) is 10.4. The van der Waals surface area contributed by atoms with E-state index in [0.29, 0.717) is 12.1 Å². The Morgan fingerprint density at radius 1 is 1.56 bits per heavy atom. The number of nitrogens with one attached hydrogen (secondary N) is 1. The molecule has 0 bridgehead atoms. The van der Waals surface area contributed by atoms with Crippen LogP contribution in [-0.4, -0.2) is 11.0 Å². The summed E-state index contributed by atoms with van der Waals surface area (Å²) >= 11 is 1.75. The van der Waals surface area contributed by atoms with Gasteiger partial charge in [0, 0.05) is 23.2 Å². The van der Waals surface area contributed by atoms with Gasteiger partial charge < -0.3 is 5.32 Å². The summed E-state index contributed by atoms with van der Waals surface area (Å²) in [4.78, 5) is 5.50. The van der Waals surface area contributed by atoms with E-state index in [0.717, 1.165) is 11.8 Å². The Kier molecular flexibility index (Phi) is 3.98. The SMILES string of the molecule is CCC1CCC(NC(C)c2cncs2)C1C. The highest BCUT2D eigenvalue weighted by Crippen LogP contribution is 2.35. The number of hydrogen-bond acceptors (Lipinski definition) is 3. The lowest BCUT2D eigenvalue weighted by Gasteiger charge is -2.24. The predicted octanol–water partition coefficient (Wildman–Crippen LogP) is 3.62. The minimum absolute atomic E-state index is 0.454. The third-order valence-electron chi connectivity index (χ3n) is 4.09. The van der Waals surface area contributed by atoms with E-state index in [9.17, 15) is 0 Å². The fourth-order valence-electron chi connectivity index (χ4n) is 2.90. The Balaban J connectivity index is 1.91. The van der Waals surface area contributed by atoms with Crippen LogP contribution in [0, 0.1) is 11.8 Å². The summed E-state index contributed by atoms with van der Waals surface area (Å²) in [7, 11) is 0. The third-order valence-corrected chi connectivity index (χ3v) is 5.05. The molecule has 1 aliphatic carbocycles. The van der Waals surface area contributed by atoms with Crippen molar-refractivity contribution in [3.8, 4) is 0 Å². The average molecular weight is 238 g/mol. The molecule has 1 fully saturated rings. The van der Waals surface area contributed by atoms with Gasteiger partial charge in [0.15, 0.2) is 0 Å². The summed E-state index contributed by atoms with van der Waals surface area (Å²) in [5.74, 6) is 1.74. The van der Waals surface area contributed by atoms with Gasteiger partial charge in [-0.3, -0.25) is 4.98 Å². The molecule has 0 amide bonds. The molecule has 16 heavy (non-hydrogen) atoms. The second-order valence-corrected chi connectivity index (χ2v) is 5.92. The number of rotatable bonds is 4. The molecule has 0 spiro atoms. The van der Waals surface area contributed by atoms with Crippen molar-refractivity contribution in [3.05, 3.63) is 16.6 Å². The van der Waals surface area contributed by atoms with Gasteiger partial charge in [-0.15, -0.1) is 11.3 Å². The van der Waals surface area contributed by atoms with Gasteiger partial charge in [0.2, 0.25) is 0 Å². The van der Waals surface area contributed by atoms with Crippen LogP contribution in [0.2, 0.25) is 0 Å². The molecule has 4 atom stereocenters. The van der Waals surface area contributed by atoms with Crippen LogP contribution in [0.15, 0.2) is 11.7 Å². The summed E-state index contributed by atoms with van der Waals surface area (Å²) in [6.45, 7) is 6.97. The van der Waals surface area contributed by atoms with Gasteiger partial charge in [0.1, 0.15) is 0 Å². The van der Waals surface area contributed by atoms with Crippen molar-refractivity contribution in [2.45, 2.75) is 52.1 Å². The molecule has 4 unspecified atom stereocenters. The van der Waals surface area contributed by atoms with Gasteiger partial charge in [-0.25, -0.2) is 0 Å². The highest BCUT2D eigenvalue weighted by Gasteiger charge is 2.32. The molecular formula is C13H22N2S. The highest BCUT2D eigenvalue weighted by atomic mass is 32.1. The fraction of sp³-hybridized carbons (Fsp3) is 0.769. The maximum atomic E-state index is 4.15. The quantitative estimate of drug-likeness (QED) is 0.866. The van der Waals surface area contributed by atoms with Crippen LogP contribution in [0.1, 0.15) is 51.0 Å². The summed E-state index contributed by atoms with van der Waals surface area (Å²) in [5, 5.41) is 3.77. The number of hydrogen-bond donors (Lipinski definition) is 1. The molecule has 1 aromatic heterocycles. The zero-order chi connectivity index (χ0) is 11.5. The van der Waals surface area contributed by atoms with Crippen molar-refractivity contribution in [2.75, 3.05) is 0 Å². The van der Waals surface area contributed by atoms with Gasteiger partial charge in [0.05, 0.1) is 5.51 Å². The fourth-order valence-corrected chi connectivity index (χ4v) is 3.54. The molecule has 0 saturated heterocycles. The molecule has 2 rings (SSSR count). The molecule has 1 heterocycles. The van der Waals surface area contributed by atoms with E-state index in [2.05, 4.69) is 31.1 Å². The minimum Gasteiger partial charge on any atom is -0.306 e. The smallest absolute Gasteiger partial charge is 0.0794 e. The van der Waals surface area contributed by atoms with E-state index >= 15 is 0 Å². The Bertz CT molecular complexity index is 310. The van der Waals surface area contributed by atoms with Crippen molar-refractivity contribution in [2.24, 2.45) is 11.8 Å². The zero-order valence-corrected chi connectivity index (χ0v) is 11.3. The van der Waals surface area contributed by atoms with Crippen molar-refractivity contribution < 1.29 is 0 Å². The third kappa shape index (κ3) is 2.46. The first-order chi connectivity index (χ1) is 7.72. The Labute approximate surface area is 102 Å². The predicted molar refractivity (Wildman–Crippen MR) is 69.6 cm³/mol.